The number of para-hydroxylation sites is 2. The second-order valence-corrected chi connectivity index (χ2v) is 14.8. The number of benzene rings is 7. The van der Waals surface area contributed by atoms with Crippen molar-refractivity contribution < 1.29 is 20.1 Å². The molecule has 0 aliphatic rings. The fourth-order valence-electron chi connectivity index (χ4n) is 7.54. The topological polar surface area (TPSA) is 17.8 Å². The molecule has 2 aromatic heterocycles. The van der Waals surface area contributed by atoms with Crippen LogP contribution in [0.1, 0.15) is 50.7 Å². The first-order chi connectivity index (χ1) is 24.4. The number of rotatable bonds is 6. The minimum atomic E-state index is 0. The zero-order chi connectivity index (χ0) is 33.9. The minimum Gasteiger partial charge on any atom is -0.333 e. The largest absolute Gasteiger partial charge is 0.333 e. The molecule has 0 N–H and O–H groups in total. The molecule has 51 heavy (non-hydrogen) atoms. The average Bonchev–Trinajstić information content (AvgIpc) is 3.75. The summed E-state index contributed by atoms with van der Waals surface area (Å²) >= 11 is 1.67. The van der Waals surface area contributed by atoms with E-state index < -0.39 is 0 Å². The molecular weight excluding hydrogens is 817 g/mol. The van der Waals surface area contributed by atoms with E-state index in [1.54, 1.807) is 11.3 Å². The van der Waals surface area contributed by atoms with Crippen molar-refractivity contribution in [1.29, 1.82) is 0 Å². The van der Waals surface area contributed by atoms with Crippen LogP contribution in [-0.4, -0.2) is 9.55 Å². The Balaban J connectivity index is 0.00000374. The molecule has 9 aromatic rings. The van der Waals surface area contributed by atoms with E-state index >= 15 is 0 Å². The van der Waals surface area contributed by atoms with Gasteiger partial charge in [0.2, 0.25) is 0 Å². The molecule has 7 aromatic carbocycles. The Morgan fingerprint density at radius 3 is 1.90 bits per heavy atom. The molecule has 0 fully saturated rings. The van der Waals surface area contributed by atoms with Crippen molar-refractivity contribution in [3.05, 3.63) is 156 Å². The molecule has 0 unspecified atom stereocenters. The van der Waals surface area contributed by atoms with Crippen molar-refractivity contribution in [2.24, 2.45) is 0 Å². The Bertz CT molecular complexity index is 2690. The Kier molecular flexibility index (Phi) is 8.72. The minimum absolute atomic E-state index is 0. The fraction of sp³-hybridized carbons (Fsp3) is 0.128. The van der Waals surface area contributed by atoms with Crippen LogP contribution in [0.5, 0.6) is 0 Å². The zero-order valence-electron chi connectivity index (χ0n) is 29.1. The predicted molar refractivity (Wildman–Crippen MR) is 215 cm³/mol. The summed E-state index contributed by atoms with van der Waals surface area (Å²) in [7, 11) is 0. The fourth-order valence-corrected chi connectivity index (χ4v) is 8.36. The molecular formula is C47H37IrN2S-. The first-order valence-electron chi connectivity index (χ1n) is 17.5. The Morgan fingerprint density at radius 1 is 0.549 bits per heavy atom. The zero-order valence-corrected chi connectivity index (χ0v) is 32.3. The molecule has 0 aliphatic heterocycles. The number of aromatic nitrogens is 2. The molecule has 0 aliphatic carbocycles. The predicted octanol–water partition coefficient (Wildman–Crippen LogP) is 13.6. The van der Waals surface area contributed by atoms with Gasteiger partial charge in [0.25, 0.3) is 0 Å². The quantitative estimate of drug-likeness (QED) is 0.120. The van der Waals surface area contributed by atoms with Gasteiger partial charge in [0.15, 0.2) is 0 Å². The van der Waals surface area contributed by atoms with E-state index in [1.165, 1.54) is 70.7 Å². The van der Waals surface area contributed by atoms with Crippen LogP contribution in [0.4, 0.5) is 0 Å². The third-order valence-corrected chi connectivity index (χ3v) is 11.0. The molecule has 0 spiro atoms. The van der Waals surface area contributed by atoms with Gasteiger partial charge in [0.1, 0.15) is 0 Å². The maximum absolute atomic E-state index is 5.38. The molecule has 1 radical (unpaired) electrons. The summed E-state index contributed by atoms with van der Waals surface area (Å²) in [5, 5.41) is 9.99. The standard InChI is InChI=1S/C47H37N2S.Ir/c1-29(2)38-26-36(31-12-6-5-7-13-31)27-39(30(3)4)46(38)49-44-17-11-10-16-43(44)48-47(49)42-28-50-45-23-22-35(25-41(42)45)34-21-20-33-19-18-32-14-8-9-15-37(32)40(33)24-34;/h5-27,29-30H,1-4H3;/q-1;. The van der Waals surface area contributed by atoms with Gasteiger partial charge in [-0.15, -0.1) is 5.39 Å². The molecule has 0 atom stereocenters. The van der Waals surface area contributed by atoms with Crippen LogP contribution >= 0.6 is 11.3 Å². The van der Waals surface area contributed by atoms with Crippen LogP contribution in [0.15, 0.2) is 140 Å². The molecule has 0 saturated carbocycles. The van der Waals surface area contributed by atoms with Gasteiger partial charge in [-0.3, -0.25) is 16.3 Å². The van der Waals surface area contributed by atoms with Crippen LogP contribution in [0, 0.1) is 5.38 Å². The SMILES string of the molecule is CC(C)c1cc(-c2ccccc2)cc(C(C)C)c1-n1c(-c2[c-]sc3ccc(-c4ccc5ccc6ccccc6c5c4)cc23)nc2ccccc21.[Ir]. The van der Waals surface area contributed by atoms with Crippen LogP contribution in [0.25, 0.3) is 82.0 Å². The van der Waals surface area contributed by atoms with Crippen molar-refractivity contribution in [2.75, 3.05) is 0 Å². The van der Waals surface area contributed by atoms with Crippen molar-refractivity contribution in [1.82, 2.24) is 9.55 Å². The Hall–Kier alpha value is -4.86. The molecule has 251 valence electrons. The van der Waals surface area contributed by atoms with Gasteiger partial charge in [0.05, 0.1) is 16.9 Å². The third-order valence-electron chi connectivity index (χ3n) is 10.1. The van der Waals surface area contributed by atoms with E-state index in [-0.39, 0.29) is 20.1 Å². The first kappa shape index (κ1) is 33.3. The van der Waals surface area contributed by atoms with Crippen LogP contribution in [0.2, 0.25) is 0 Å². The number of thiophene rings is 1. The van der Waals surface area contributed by atoms with Crippen molar-refractivity contribution in [3.63, 3.8) is 0 Å². The monoisotopic (exact) mass is 854 g/mol. The molecule has 4 heteroatoms. The Labute approximate surface area is 316 Å². The number of nitrogens with zero attached hydrogens (tertiary/aromatic N) is 2. The number of imidazole rings is 1. The summed E-state index contributed by atoms with van der Waals surface area (Å²) < 4.78 is 3.64. The molecule has 2 nitrogen and oxygen atoms in total. The van der Waals surface area contributed by atoms with Crippen LogP contribution in [0.3, 0.4) is 0 Å². The second-order valence-electron chi connectivity index (χ2n) is 14.0. The van der Waals surface area contributed by atoms with E-state index in [4.69, 9.17) is 4.98 Å². The maximum Gasteiger partial charge on any atom is 0.0774 e. The first-order valence-corrected chi connectivity index (χ1v) is 18.3. The van der Waals surface area contributed by atoms with E-state index in [0.717, 1.165) is 22.4 Å². The molecule has 0 amide bonds. The molecule has 9 rings (SSSR count). The van der Waals surface area contributed by atoms with Crippen LogP contribution < -0.4 is 0 Å². The average molecular weight is 854 g/mol. The van der Waals surface area contributed by atoms with Gasteiger partial charge in [-0.1, -0.05) is 153 Å². The van der Waals surface area contributed by atoms with E-state index in [9.17, 15) is 0 Å². The molecule has 0 bridgehead atoms. The van der Waals surface area contributed by atoms with Crippen LogP contribution in [-0.2, 0) is 20.1 Å². The van der Waals surface area contributed by atoms with Gasteiger partial charge in [-0.2, -0.15) is 0 Å². The van der Waals surface area contributed by atoms with Crippen molar-refractivity contribution >= 4 is 54.0 Å². The number of fused-ring (bicyclic) bond motifs is 5. The maximum atomic E-state index is 5.38. The Morgan fingerprint density at radius 2 is 1.16 bits per heavy atom. The summed E-state index contributed by atoms with van der Waals surface area (Å²) in [6.07, 6.45) is 0. The van der Waals surface area contributed by atoms with Gasteiger partial charge < -0.3 is 4.57 Å². The number of hydrogen-bond donors (Lipinski definition) is 0. The molecule has 0 saturated heterocycles. The van der Waals surface area contributed by atoms with E-state index in [1.807, 2.05) is 0 Å². The second kappa shape index (κ2) is 13.4. The van der Waals surface area contributed by atoms with Gasteiger partial charge in [0, 0.05) is 25.8 Å². The summed E-state index contributed by atoms with van der Waals surface area (Å²) in [5.74, 6) is 1.55. The van der Waals surface area contributed by atoms with E-state index in [2.05, 4.69) is 177 Å². The summed E-state index contributed by atoms with van der Waals surface area (Å²) in [4.78, 5) is 5.38. The molecule has 2 heterocycles. The van der Waals surface area contributed by atoms with E-state index in [0.29, 0.717) is 11.8 Å². The van der Waals surface area contributed by atoms with Gasteiger partial charge >= 0.3 is 0 Å². The summed E-state index contributed by atoms with van der Waals surface area (Å²) in [6, 6.07) is 50.9. The van der Waals surface area contributed by atoms with Gasteiger partial charge in [-0.05, 0) is 97.1 Å². The third kappa shape index (κ3) is 5.72. The van der Waals surface area contributed by atoms with Crippen molar-refractivity contribution in [3.8, 4) is 39.3 Å². The summed E-state index contributed by atoms with van der Waals surface area (Å²) in [6.45, 7) is 9.23. The number of hydrogen-bond acceptors (Lipinski definition) is 2. The van der Waals surface area contributed by atoms with Gasteiger partial charge in [-0.25, -0.2) is 0 Å². The normalized spacial score (nSPS) is 11.7. The van der Waals surface area contributed by atoms with Crippen molar-refractivity contribution in [2.45, 2.75) is 39.5 Å². The smallest absolute Gasteiger partial charge is 0.0774 e. The summed E-state index contributed by atoms with van der Waals surface area (Å²) in [5.41, 5.74) is 11.9.